The predicted octanol–water partition coefficient (Wildman–Crippen LogP) is 4.97. The second kappa shape index (κ2) is 14.0. The smallest absolute Gasteiger partial charge is 0.0330 e. The monoisotopic (exact) mass is 182 g/mol. The molecule has 0 aromatic carbocycles. The summed E-state index contributed by atoms with van der Waals surface area (Å²) in [5.74, 6) is 0.780. The molecule has 0 amide bonds. The fourth-order valence-electron chi connectivity index (χ4n) is 0.872. The van der Waals surface area contributed by atoms with Gasteiger partial charge in [-0.2, -0.15) is 0 Å². The van der Waals surface area contributed by atoms with Crippen LogP contribution in [0.2, 0.25) is 0 Å². The lowest BCUT2D eigenvalue weighted by molar-refractivity contribution is 0.664. The summed E-state index contributed by atoms with van der Waals surface area (Å²) in [6, 6.07) is 0. The Bertz CT molecular complexity index is 101. The van der Waals surface area contributed by atoms with Crippen molar-refractivity contribution in [2.75, 3.05) is 0 Å². The van der Waals surface area contributed by atoms with E-state index in [4.69, 9.17) is 0 Å². The molecule has 0 rings (SSSR count). The normalized spacial score (nSPS) is 8.92. The molecule has 0 atom stereocenters. The van der Waals surface area contributed by atoms with Crippen molar-refractivity contribution in [3.05, 3.63) is 25.3 Å². The van der Waals surface area contributed by atoms with E-state index in [1.54, 1.807) is 0 Å². The van der Waals surface area contributed by atoms with Crippen LogP contribution in [0.4, 0.5) is 0 Å². The molecule has 0 aliphatic carbocycles. The summed E-state index contributed by atoms with van der Waals surface area (Å²) in [5.41, 5.74) is 0. The molecule has 0 heteroatoms. The molecular weight excluding hydrogens is 156 g/mol. The maximum absolute atomic E-state index is 3.63. The van der Waals surface area contributed by atoms with E-state index in [0.29, 0.717) is 0 Å². The van der Waals surface area contributed by atoms with Gasteiger partial charge in [-0.05, 0) is 25.2 Å². The van der Waals surface area contributed by atoms with Crippen LogP contribution in [0.3, 0.4) is 0 Å². The van der Waals surface area contributed by atoms with Crippen molar-refractivity contribution in [1.29, 1.82) is 0 Å². The van der Waals surface area contributed by atoms with E-state index in [0.717, 1.165) is 12.3 Å². The van der Waals surface area contributed by atoms with Gasteiger partial charge < -0.3 is 0 Å². The summed E-state index contributed by atoms with van der Waals surface area (Å²) < 4.78 is 0. The molecule has 0 unspecified atom stereocenters. The Morgan fingerprint density at radius 2 is 1.69 bits per heavy atom. The number of allylic oxidation sites excluding steroid dienone is 2. The van der Waals surface area contributed by atoms with Crippen molar-refractivity contribution < 1.29 is 0 Å². The van der Waals surface area contributed by atoms with Gasteiger partial charge in [0.15, 0.2) is 0 Å². The lowest BCUT2D eigenvalue weighted by Gasteiger charge is -1.92. The summed E-state index contributed by atoms with van der Waals surface area (Å²) in [4.78, 5) is 0. The first-order valence-electron chi connectivity index (χ1n) is 5.40. The minimum atomic E-state index is 0.780. The van der Waals surface area contributed by atoms with Crippen LogP contribution in [0.1, 0.15) is 52.9 Å². The molecule has 0 nitrogen and oxygen atoms in total. The maximum atomic E-state index is 3.63. The van der Waals surface area contributed by atoms with Crippen molar-refractivity contribution in [1.82, 2.24) is 0 Å². The van der Waals surface area contributed by atoms with E-state index in [1.165, 1.54) is 25.7 Å². The molecule has 0 heterocycles. The first kappa shape index (κ1) is 15.0. The highest BCUT2D eigenvalue weighted by Crippen LogP contribution is 1.97. The highest BCUT2D eigenvalue weighted by atomic mass is 13.9. The summed E-state index contributed by atoms with van der Waals surface area (Å²) in [5, 5.41) is 0. The second-order valence-corrected chi connectivity index (χ2v) is 3.70. The minimum Gasteiger partial charge on any atom is -0.103 e. The first-order chi connectivity index (χ1) is 6.18. The van der Waals surface area contributed by atoms with Gasteiger partial charge in [0.1, 0.15) is 0 Å². The van der Waals surface area contributed by atoms with E-state index in [9.17, 15) is 0 Å². The quantitative estimate of drug-likeness (QED) is 0.402. The highest BCUT2D eigenvalue weighted by molar-refractivity contribution is 4.67. The van der Waals surface area contributed by atoms with Crippen molar-refractivity contribution >= 4 is 0 Å². The van der Waals surface area contributed by atoms with E-state index >= 15 is 0 Å². The standard InChI is InChI=1S/C7H14.C6H12/c1-3-5-7-6-4-2;1-4-5-6(2)3/h3H,1,4-7H2,2H3;4,6H,1,5H2,2-3H3. The van der Waals surface area contributed by atoms with Crippen LogP contribution in [-0.2, 0) is 0 Å². The van der Waals surface area contributed by atoms with Gasteiger partial charge in [-0.3, -0.25) is 0 Å². The third kappa shape index (κ3) is 24.6. The molecule has 0 aromatic heterocycles. The Morgan fingerprint density at radius 3 is 1.92 bits per heavy atom. The largest absolute Gasteiger partial charge is 0.103 e. The van der Waals surface area contributed by atoms with Crippen LogP contribution in [0.25, 0.3) is 0 Å². The zero-order valence-electron chi connectivity index (χ0n) is 9.68. The number of hydrogen-bond acceptors (Lipinski definition) is 0. The maximum Gasteiger partial charge on any atom is -0.0330 e. The second-order valence-electron chi connectivity index (χ2n) is 3.70. The number of rotatable bonds is 6. The molecule has 0 radical (unpaired) electrons. The topological polar surface area (TPSA) is 0 Å². The third-order valence-electron chi connectivity index (χ3n) is 1.65. The van der Waals surface area contributed by atoms with Crippen LogP contribution in [0.15, 0.2) is 25.3 Å². The molecule has 0 saturated carbocycles. The fraction of sp³-hybridized carbons (Fsp3) is 0.692. The van der Waals surface area contributed by atoms with Gasteiger partial charge in [0.05, 0.1) is 0 Å². The number of hydrogen-bond donors (Lipinski definition) is 0. The SMILES string of the molecule is C=CCC(C)C.C=CCCCCC. The van der Waals surface area contributed by atoms with Crippen LogP contribution in [0.5, 0.6) is 0 Å². The van der Waals surface area contributed by atoms with Gasteiger partial charge in [-0.25, -0.2) is 0 Å². The van der Waals surface area contributed by atoms with Crippen LogP contribution in [0, 0.1) is 5.92 Å². The predicted molar refractivity (Wildman–Crippen MR) is 64.0 cm³/mol. The zero-order chi connectivity index (χ0) is 10.5. The molecule has 0 aromatic rings. The van der Waals surface area contributed by atoms with Crippen molar-refractivity contribution in [2.24, 2.45) is 5.92 Å². The average molecular weight is 182 g/mol. The Labute approximate surface area is 84.7 Å². The van der Waals surface area contributed by atoms with Crippen molar-refractivity contribution in [3.8, 4) is 0 Å². The van der Waals surface area contributed by atoms with Crippen LogP contribution in [-0.4, -0.2) is 0 Å². The lowest BCUT2D eigenvalue weighted by Crippen LogP contribution is -1.78. The molecule has 0 N–H and O–H groups in total. The minimum absolute atomic E-state index is 0.780. The van der Waals surface area contributed by atoms with Gasteiger partial charge in [0.25, 0.3) is 0 Å². The summed E-state index contributed by atoms with van der Waals surface area (Å²) >= 11 is 0. The van der Waals surface area contributed by atoms with Gasteiger partial charge in [-0.1, -0.05) is 45.8 Å². The van der Waals surface area contributed by atoms with Crippen LogP contribution >= 0.6 is 0 Å². The first-order valence-corrected chi connectivity index (χ1v) is 5.40. The summed E-state index contributed by atoms with van der Waals surface area (Å²) in [6.07, 6.45) is 10.2. The molecule has 13 heavy (non-hydrogen) atoms. The van der Waals surface area contributed by atoms with Gasteiger partial charge >= 0.3 is 0 Å². The summed E-state index contributed by atoms with van der Waals surface area (Å²) in [7, 11) is 0. The van der Waals surface area contributed by atoms with Gasteiger partial charge in [0.2, 0.25) is 0 Å². The Balaban J connectivity index is 0. The van der Waals surface area contributed by atoms with E-state index in [2.05, 4.69) is 33.9 Å². The van der Waals surface area contributed by atoms with E-state index < -0.39 is 0 Å². The molecule has 0 aliphatic rings. The van der Waals surface area contributed by atoms with E-state index in [1.807, 2.05) is 12.2 Å². The Morgan fingerprint density at radius 1 is 1.08 bits per heavy atom. The Kier molecular flexibility index (Phi) is 16.2. The molecule has 78 valence electrons. The molecule has 0 spiro atoms. The van der Waals surface area contributed by atoms with Crippen LogP contribution < -0.4 is 0 Å². The Hall–Kier alpha value is -0.520. The molecule has 0 saturated heterocycles. The molecule has 0 aliphatic heterocycles. The third-order valence-corrected chi connectivity index (χ3v) is 1.65. The highest BCUT2D eigenvalue weighted by Gasteiger charge is 1.82. The average Bonchev–Trinajstić information content (AvgIpc) is 2.06. The summed E-state index contributed by atoms with van der Waals surface area (Å²) in [6.45, 7) is 13.8. The molecule has 0 bridgehead atoms. The fourth-order valence-corrected chi connectivity index (χ4v) is 0.872. The lowest BCUT2D eigenvalue weighted by atomic mass is 10.1. The van der Waals surface area contributed by atoms with E-state index in [-0.39, 0.29) is 0 Å². The number of unbranched alkanes of at least 4 members (excludes halogenated alkanes) is 3. The van der Waals surface area contributed by atoms with Gasteiger partial charge in [0, 0.05) is 0 Å². The van der Waals surface area contributed by atoms with Crippen molar-refractivity contribution in [2.45, 2.75) is 52.9 Å². The molecule has 0 fully saturated rings. The van der Waals surface area contributed by atoms with Gasteiger partial charge in [-0.15, -0.1) is 13.2 Å². The molecular formula is C13H26. The zero-order valence-corrected chi connectivity index (χ0v) is 9.68. The van der Waals surface area contributed by atoms with Crippen molar-refractivity contribution in [3.63, 3.8) is 0 Å².